The molecule has 0 bridgehead atoms. The summed E-state index contributed by atoms with van der Waals surface area (Å²) in [6.07, 6.45) is 13.1. The third kappa shape index (κ3) is 6.94. The van der Waals surface area contributed by atoms with Crippen LogP contribution < -0.4 is 5.32 Å². The van der Waals surface area contributed by atoms with E-state index >= 15 is 0 Å². The second kappa shape index (κ2) is 13.2. The highest BCUT2D eigenvalue weighted by atomic mass is 16.5. The van der Waals surface area contributed by atoms with Gasteiger partial charge in [0.1, 0.15) is 6.10 Å². The molecule has 2 N–H and O–H groups in total. The number of aliphatic carboxylic acids is 1. The van der Waals surface area contributed by atoms with Crippen LogP contribution in [-0.4, -0.2) is 60.8 Å². The Labute approximate surface area is 275 Å². The molecule has 0 spiro atoms. The Kier molecular flexibility index (Phi) is 10.7. The van der Waals surface area contributed by atoms with Crippen molar-refractivity contribution in [2.45, 2.75) is 144 Å². The highest BCUT2D eigenvalue weighted by Crippen LogP contribution is 2.69. The number of fused-ring (bicyclic) bond motifs is 3. The van der Waals surface area contributed by atoms with Gasteiger partial charge in [0.2, 0.25) is 0 Å². The van der Waals surface area contributed by atoms with Gasteiger partial charge in [0, 0.05) is 24.0 Å². The van der Waals surface area contributed by atoms with Crippen molar-refractivity contribution in [1.29, 1.82) is 0 Å². The van der Waals surface area contributed by atoms with Gasteiger partial charge in [0.05, 0.1) is 11.8 Å². The Balaban J connectivity index is 1.52. The number of carbonyl (C=O) groups excluding carboxylic acids is 1. The Hall–Kier alpha value is -1.40. The number of hydrogen-bond acceptors (Lipinski definition) is 5. The zero-order valence-electron chi connectivity index (χ0n) is 30.7. The van der Waals surface area contributed by atoms with Crippen molar-refractivity contribution in [1.82, 2.24) is 10.2 Å². The summed E-state index contributed by atoms with van der Waals surface area (Å²) < 4.78 is 6.11. The molecule has 0 aromatic rings. The van der Waals surface area contributed by atoms with Crippen LogP contribution in [-0.2, 0) is 14.3 Å². The molecule has 9 atom stereocenters. The number of hydrogen-bond donors (Lipinski definition) is 2. The highest BCUT2D eigenvalue weighted by Gasteiger charge is 2.64. The fourth-order valence-electron chi connectivity index (χ4n) is 11.1. The van der Waals surface area contributed by atoms with Gasteiger partial charge in [-0.25, -0.2) is 0 Å². The number of rotatable bonds is 12. The number of ether oxygens (including phenoxy) is 1. The maximum absolute atomic E-state index is 13.0. The number of carboxylic acids is 1. The van der Waals surface area contributed by atoms with Gasteiger partial charge in [0.25, 0.3) is 0 Å². The minimum atomic E-state index is -1.12. The van der Waals surface area contributed by atoms with Gasteiger partial charge in [-0.05, 0) is 139 Å². The molecule has 258 valence electrons. The smallest absolute Gasteiger partial charge is 0.309 e. The van der Waals surface area contributed by atoms with Crippen LogP contribution in [0.15, 0.2) is 12.2 Å². The molecule has 4 saturated carbocycles. The molecule has 6 nitrogen and oxygen atoms in total. The van der Waals surface area contributed by atoms with Gasteiger partial charge < -0.3 is 20.1 Å². The molecule has 0 aromatic carbocycles. The van der Waals surface area contributed by atoms with Crippen LogP contribution in [0, 0.1) is 51.2 Å². The first-order valence-corrected chi connectivity index (χ1v) is 18.3. The van der Waals surface area contributed by atoms with Crippen molar-refractivity contribution >= 4 is 11.9 Å². The summed E-state index contributed by atoms with van der Waals surface area (Å²) in [4.78, 5) is 26.9. The van der Waals surface area contributed by atoms with Crippen molar-refractivity contribution < 1.29 is 19.4 Å². The first-order chi connectivity index (χ1) is 20.8. The van der Waals surface area contributed by atoms with Crippen LogP contribution in [0.25, 0.3) is 0 Å². The van der Waals surface area contributed by atoms with Gasteiger partial charge in [-0.15, -0.1) is 0 Å². The highest BCUT2D eigenvalue weighted by molar-refractivity contribution is 5.81. The third-order valence-electron chi connectivity index (χ3n) is 14.4. The Morgan fingerprint density at radius 2 is 1.71 bits per heavy atom. The van der Waals surface area contributed by atoms with E-state index in [1.165, 1.54) is 56.9 Å². The Morgan fingerprint density at radius 1 is 1.02 bits per heavy atom. The lowest BCUT2D eigenvalue weighted by molar-refractivity contribution is -0.171. The van der Waals surface area contributed by atoms with Crippen molar-refractivity contribution in [3.8, 4) is 0 Å². The number of nitrogens with one attached hydrogen (secondary N) is 1. The van der Waals surface area contributed by atoms with E-state index in [0.717, 1.165) is 32.4 Å². The molecule has 0 radical (unpaired) electrons. The number of esters is 1. The summed E-state index contributed by atoms with van der Waals surface area (Å²) in [7, 11) is 4.35. The maximum Gasteiger partial charge on any atom is 0.309 e. The number of allylic oxidation sites excluding steroid dienone is 1. The Morgan fingerprint density at radius 3 is 2.33 bits per heavy atom. The number of nitrogens with zero attached hydrogens (tertiary/aromatic N) is 1. The van der Waals surface area contributed by atoms with E-state index in [9.17, 15) is 14.7 Å². The van der Waals surface area contributed by atoms with Crippen molar-refractivity contribution in [3.63, 3.8) is 0 Å². The van der Waals surface area contributed by atoms with Crippen LogP contribution in [0.4, 0.5) is 0 Å². The average Bonchev–Trinajstić information content (AvgIpc) is 3.30. The minimum absolute atomic E-state index is 0.0925. The fourth-order valence-corrected chi connectivity index (χ4v) is 11.1. The van der Waals surface area contributed by atoms with Crippen LogP contribution >= 0.6 is 0 Å². The molecule has 0 amide bonds. The number of likely N-dealkylation sites (N-methyl/N-ethyl adjacent to an activating group) is 1. The van der Waals surface area contributed by atoms with Gasteiger partial charge in [-0.2, -0.15) is 0 Å². The van der Waals surface area contributed by atoms with E-state index in [4.69, 9.17) is 4.74 Å². The van der Waals surface area contributed by atoms with E-state index in [2.05, 4.69) is 72.4 Å². The SMILES string of the molecule is C=C(C)C1CCC2(NCCN(C)C)CCC3(C)C(CCCC3(C)CCC3C(C)CCC(OC(=O)CC(C)(C)C(=O)O)C3(C)C)C12. The second-order valence-electron chi connectivity index (χ2n) is 18.2. The molecular weight excluding hydrogens is 560 g/mol. The first kappa shape index (κ1) is 36.4. The fraction of sp³-hybridized carbons (Fsp3) is 0.897. The van der Waals surface area contributed by atoms with Gasteiger partial charge >= 0.3 is 11.9 Å². The van der Waals surface area contributed by atoms with E-state index in [0.29, 0.717) is 35.0 Å². The van der Waals surface area contributed by atoms with E-state index in [-0.39, 0.29) is 34.9 Å². The normalized spacial score (nSPS) is 39.6. The monoisotopic (exact) mass is 629 g/mol. The second-order valence-corrected chi connectivity index (χ2v) is 18.2. The predicted molar refractivity (Wildman–Crippen MR) is 184 cm³/mol. The third-order valence-corrected chi connectivity index (χ3v) is 14.4. The molecule has 0 aliphatic heterocycles. The molecule has 9 unspecified atom stereocenters. The summed E-state index contributed by atoms with van der Waals surface area (Å²) in [6, 6.07) is 0. The van der Waals surface area contributed by atoms with Crippen LogP contribution in [0.5, 0.6) is 0 Å². The molecule has 45 heavy (non-hydrogen) atoms. The lowest BCUT2D eigenvalue weighted by Gasteiger charge is -2.64. The van der Waals surface area contributed by atoms with Crippen molar-refractivity contribution in [2.24, 2.45) is 51.2 Å². The molecule has 4 rings (SSSR count). The lowest BCUT2D eigenvalue weighted by Crippen LogP contribution is -2.63. The van der Waals surface area contributed by atoms with E-state index in [1.54, 1.807) is 13.8 Å². The number of carbonyl (C=O) groups is 2. The van der Waals surface area contributed by atoms with E-state index in [1.807, 2.05) is 0 Å². The summed E-state index contributed by atoms with van der Waals surface area (Å²) in [6.45, 7) is 24.5. The molecule has 0 saturated heterocycles. The Bertz CT molecular complexity index is 1100. The molecule has 4 aliphatic rings. The molecule has 6 heteroatoms. The molecule has 0 aromatic heterocycles. The van der Waals surface area contributed by atoms with Crippen LogP contribution in [0.2, 0.25) is 0 Å². The van der Waals surface area contributed by atoms with Gasteiger partial charge in [-0.1, -0.05) is 53.2 Å². The standard InChI is InChI=1S/C39H68N2O4/c1-26(2)28-16-20-39(40-23-24-41(10)11)22-21-38(9)30(33(28)39)13-12-18-37(38,8)19-17-29-27(3)14-15-31(36(29,6)7)45-32(42)25-35(4,5)34(43)44/h27-31,33,40H,1,12-25H2,2-11H3,(H,43,44). The summed E-state index contributed by atoms with van der Waals surface area (Å²) in [5.41, 5.74) is 0.939. The first-order valence-electron chi connectivity index (χ1n) is 18.3. The van der Waals surface area contributed by atoms with E-state index < -0.39 is 11.4 Å². The molecule has 4 fully saturated rings. The van der Waals surface area contributed by atoms with Crippen LogP contribution in [0.3, 0.4) is 0 Å². The molecular formula is C39H68N2O4. The predicted octanol–water partition coefficient (Wildman–Crippen LogP) is 8.35. The zero-order valence-corrected chi connectivity index (χ0v) is 30.7. The average molecular weight is 629 g/mol. The summed E-state index contributed by atoms with van der Waals surface area (Å²) >= 11 is 0. The number of carboxylic acid groups (broad SMARTS) is 1. The summed E-state index contributed by atoms with van der Waals surface area (Å²) in [5, 5.41) is 13.7. The van der Waals surface area contributed by atoms with Gasteiger partial charge in [-0.3, -0.25) is 9.59 Å². The van der Waals surface area contributed by atoms with Gasteiger partial charge in [0.15, 0.2) is 0 Å². The maximum atomic E-state index is 13.0. The summed E-state index contributed by atoms with van der Waals surface area (Å²) in [5.74, 6) is 1.69. The lowest BCUT2D eigenvalue weighted by atomic mass is 9.42. The quantitative estimate of drug-likeness (QED) is 0.167. The molecule has 4 aliphatic carbocycles. The van der Waals surface area contributed by atoms with Crippen molar-refractivity contribution in [3.05, 3.63) is 12.2 Å². The minimum Gasteiger partial charge on any atom is -0.481 e. The zero-order chi connectivity index (χ0) is 33.6. The topological polar surface area (TPSA) is 78.9 Å². The van der Waals surface area contributed by atoms with Crippen LogP contribution in [0.1, 0.15) is 132 Å². The van der Waals surface area contributed by atoms with Crippen molar-refractivity contribution in [2.75, 3.05) is 27.2 Å². The molecule has 0 heterocycles. The largest absolute Gasteiger partial charge is 0.481 e.